The van der Waals surface area contributed by atoms with Gasteiger partial charge in [-0.2, -0.15) is 0 Å². The number of halogens is 2. The predicted octanol–water partition coefficient (Wildman–Crippen LogP) is 3.53. The van der Waals surface area contributed by atoms with Gasteiger partial charge in [-0.25, -0.2) is 0 Å². The second-order valence-electron chi connectivity index (χ2n) is 2.45. The molecule has 0 amide bonds. The van der Waals surface area contributed by atoms with E-state index in [9.17, 15) is 0 Å². The highest BCUT2D eigenvalue weighted by Crippen LogP contribution is 2.21. The molecule has 0 heterocycles. The van der Waals surface area contributed by atoms with Gasteiger partial charge in [0, 0.05) is 9.80 Å². The van der Waals surface area contributed by atoms with E-state index in [0.29, 0.717) is 6.61 Å². The number of rotatable bonds is 3. The number of benzene rings is 1. The Morgan fingerprint density at radius 1 is 1.42 bits per heavy atom. The van der Waals surface area contributed by atoms with E-state index in [4.69, 9.17) is 4.74 Å². The van der Waals surface area contributed by atoms with Crippen LogP contribution in [0, 0.1) is 6.92 Å². The van der Waals surface area contributed by atoms with Crippen molar-refractivity contribution in [3.63, 3.8) is 0 Å². The zero-order chi connectivity index (χ0) is 8.97. The minimum Gasteiger partial charge on any atom is -0.492 e. The molecule has 0 fully saturated rings. The summed E-state index contributed by atoms with van der Waals surface area (Å²) in [6.45, 7) is 2.75. The second kappa shape index (κ2) is 4.87. The van der Waals surface area contributed by atoms with Gasteiger partial charge in [0.15, 0.2) is 0 Å². The molecule has 0 aromatic heterocycles. The molecule has 1 aromatic rings. The third-order valence-corrected chi connectivity index (χ3v) is 2.29. The molecule has 12 heavy (non-hydrogen) atoms. The van der Waals surface area contributed by atoms with Gasteiger partial charge < -0.3 is 4.74 Å². The lowest BCUT2D eigenvalue weighted by Crippen LogP contribution is -1.98. The van der Waals surface area contributed by atoms with Crippen molar-refractivity contribution < 1.29 is 4.74 Å². The maximum atomic E-state index is 5.47. The van der Waals surface area contributed by atoms with Gasteiger partial charge in [-0.3, -0.25) is 0 Å². The molecule has 0 aliphatic rings. The fourth-order valence-electron chi connectivity index (χ4n) is 0.923. The van der Waals surface area contributed by atoms with Gasteiger partial charge in [0.05, 0.1) is 6.61 Å². The molecular weight excluding hydrogens is 284 g/mol. The average Bonchev–Trinajstić information content (AvgIpc) is 2.03. The smallest absolute Gasteiger partial charge is 0.122 e. The standard InChI is InChI=1S/C9H10Br2O/c1-7-6-8(11)2-3-9(7)12-5-4-10/h2-3,6H,4-5H2,1H3. The molecule has 0 atom stereocenters. The Labute approximate surface area is 89.4 Å². The van der Waals surface area contributed by atoms with Crippen molar-refractivity contribution in [2.75, 3.05) is 11.9 Å². The fourth-order valence-corrected chi connectivity index (χ4v) is 1.56. The van der Waals surface area contributed by atoms with Crippen molar-refractivity contribution in [2.45, 2.75) is 6.92 Å². The molecule has 3 heteroatoms. The zero-order valence-corrected chi connectivity index (χ0v) is 9.98. The Hall–Kier alpha value is -0.0200. The van der Waals surface area contributed by atoms with Crippen molar-refractivity contribution in [3.05, 3.63) is 28.2 Å². The summed E-state index contributed by atoms with van der Waals surface area (Å²) >= 11 is 6.71. The average molecular weight is 294 g/mol. The number of aryl methyl sites for hydroxylation is 1. The van der Waals surface area contributed by atoms with Gasteiger partial charge in [-0.1, -0.05) is 31.9 Å². The van der Waals surface area contributed by atoms with E-state index in [-0.39, 0.29) is 0 Å². The molecule has 0 radical (unpaired) electrons. The summed E-state index contributed by atoms with van der Waals surface area (Å²) in [5, 5.41) is 0.864. The quantitative estimate of drug-likeness (QED) is 0.775. The van der Waals surface area contributed by atoms with Crippen molar-refractivity contribution in [1.82, 2.24) is 0 Å². The van der Waals surface area contributed by atoms with Gasteiger partial charge in [-0.15, -0.1) is 0 Å². The van der Waals surface area contributed by atoms with Gasteiger partial charge in [0.2, 0.25) is 0 Å². The first-order valence-electron chi connectivity index (χ1n) is 3.69. The maximum Gasteiger partial charge on any atom is 0.122 e. The topological polar surface area (TPSA) is 9.23 Å². The van der Waals surface area contributed by atoms with Crippen LogP contribution in [0.25, 0.3) is 0 Å². The molecular formula is C9H10Br2O. The van der Waals surface area contributed by atoms with Gasteiger partial charge in [0.1, 0.15) is 5.75 Å². The molecule has 1 rings (SSSR count). The third-order valence-electron chi connectivity index (χ3n) is 1.47. The van der Waals surface area contributed by atoms with Crippen LogP contribution < -0.4 is 4.74 Å². The number of hydrogen-bond acceptors (Lipinski definition) is 1. The van der Waals surface area contributed by atoms with E-state index < -0.39 is 0 Å². The summed E-state index contributed by atoms with van der Waals surface area (Å²) in [6, 6.07) is 6.00. The lowest BCUT2D eigenvalue weighted by molar-refractivity contribution is 0.342. The lowest BCUT2D eigenvalue weighted by atomic mass is 10.2. The van der Waals surface area contributed by atoms with Crippen molar-refractivity contribution in [3.8, 4) is 5.75 Å². The summed E-state index contributed by atoms with van der Waals surface area (Å²) < 4.78 is 6.56. The molecule has 1 aromatic carbocycles. The van der Waals surface area contributed by atoms with Crippen LogP contribution in [0.2, 0.25) is 0 Å². The van der Waals surface area contributed by atoms with Crippen LogP contribution in [0.4, 0.5) is 0 Å². The first-order valence-corrected chi connectivity index (χ1v) is 5.60. The number of alkyl halides is 1. The number of ether oxygens (including phenoxy) is 1. The summed E-state index contributed by atoms with van der Waals surface area (Å²) in [5.41, 5.74) is 1.16. The SMILES string of the molecule is Cc1cc(Br)ccc1OCCBr. The maximum absolute atomic E-state index is 5.47. The zero-order valence-electron chi connectivity index (χ0n) is 6.81. The Morgan fingerprint density at radius 3 is 2.75 bits per heavy atom. The summed E-state index contributed by atoms with van der Waals surface area (Å²) in [5.74, 6) is 0.956. The Balaban J connectivity index is 2.72. The van der Waals surface area contributed by atoms with E-state index in [1.807, 2.05) is 25.1 Å². The molecule has 0 aliphatic heterocycles. The molecule has 0 saturated heterocycles. The van der Waals surface area contributed by atoms with Crippen molar-refractivity contribution >= 4 is 31.9 Å². The van der Waals surface area contributed by atoms with E-state index in [0.717, 1.165) is 21.1 Å². The largest absolute Gasteiger partial charge is 0.492 e. The molecule has 0 unspecified atom stereocenters. The molecule has 0 bridgehead atoms. The molecule has 0 N–H and O–H groups in total. The second-order valence-corrected chi connectivity index (χ2v) is 4.16. The Kier molecular flexibility index (Phi) is 4.09. The summed E-state index contributed by atoms with van der Waals surface area (Å²) in [4.78, 5) is 0. The Morgan fingerprint density at radius 2 is 2.17 bits per heavy atom. The van der Waals surface area contributed by atoms with Crippen LogP contribution in [0.5, 0.6) is 5.75 Å². The van der Waals surface area contributed by atoms with Crippen LogP contribution >= 0.6 is 31.9 Å². The molecule has 0 spiro atoms. The van der Waals surface area contributed by atoms with Crippen LogP contribution in [0.15, 0.2) is 22.7 Å². The van der Waals surface area contributed by atoms with E-state index in [1.54, 1.807) is 0 Å². The normalized spacial score (nSPS) is 9.92. The highest BCUT2D eigenvalue weighted by molar-refractivity contribution is 9.10. The molecule has 0 saturated carbocycles. The highest BCUT2D eigenvalue weighted by atomic mass is 79.9. The van der Waals surface area contributed by atoms with Gasteiger partial charge >= 0.3 is 0 Å². The monoisotopic (exact) mass is 292 g/mol. The minimum absolute atomic E-state index is 0.711. The van der Waals surface area contributed by atoms with Crippen molar-refractivity contribution in [2.24, 2.45) is 0 Å². The van der Waals surface area contributed by atoms with Crippen LogP contribution in [-0.2, 0) is 0 Å². The molecule has 1 nitrogen and oxygen atoms in total. The van der Waals surface area contributed by atoms with Crippen LogP contribution in [-0.4, -0.2) is 11.9 Å². The Bertz CT molecular complexity index is 261. The predicted molar refractivity (Wildman–Crippen MR) is 58.2 cm³/mol. The minimum atomic E-state index is 0.711. The van der Waals surface area contributed by atoms with E-state index >= 15 is 0 Å². The molecule has 66 valence electrons. The van der Waals surface area contributed by atoms with Crippen molar-refractivity contribution in [1.29, 1.82) is 0 Å². The number of hydrogen-bond donors (Lipinski definition) is 0. The highest BCUT2D eigenvalue weighted by Gasteiger charge is 1.98. The van der Waals surface area contributed by atoms with Gasteiger partial charge in [0.25, 0.3) is 0 Å². The summed E-state index contributed by atoms with van der Waals surface area (Å²) in [6.07, 6.45) is 0. The van der Waals surface area contributed by atoms with Gasteiger partial charge in [-0.05, 0) is 30.7 Å². The first kappa shape index (κ1) is 10.1. The fraction of sp³-hybridized carbons (Fsp3) is 0.333. The van der Waals surface area contributed by atoms with Crippen LogP contribution in [0.1, 0.15) is 5.56 Å². The lowest BCUT2D eigenvalue weighted by Gasteiger charge is -2.07. The molecule has 0 aliphatic carbocycles. The van der Waals surface area contributed by atoms with E-state index in [2.05, 4.69) is 31.9 Å². The van der Waals surface area contributed by atoms with E-state index in [1.165, 1.54) is 0 Å². The first-order chi connectivity index (χ1) is 5.74. The third kappa shape index (κ3) is 2.79. The summed E-state index contributed by atoms with van der Waals surface area (Å²) in [7, 11) is 0. The van der Waals surface area contributed by atoms with Crippen LogP contribution in [0.3, 0.4) is 0 Å².